The number of piperazine rings is 1. The molecule has 0 spiro atoms. The lowest BCUT2D eigenvalue weighted by molar-refractivity contribution is -0.132. The third-order valence-corrected chi connectivity index (χ3v) is 3.30. The number of ether oxygens (including phenoxy) is 1. The molecule has 0 radical (unpaired) electrons. The Kier molecular flexibility index (Phi) is 4.80. The summed E-state index contributed by atoms with van der Waals surface area (Å²) in [6.07, 6.45) is 0.445. The van der Waals surface area contributed by atoms with Gasteiger partial charge in [-0.25, -0.2) is 0 Å². The summed E-state index contributed by atoms with van der Waals surface area (Å²) in [6.45, 7) is 7.05. The minimum Gasteiger partial charge on any atom is -0.493 e. The first-order valence-electron chi connectivity index (χ1n) is 6.86. The van der Waals surface area contributed by atoms with E-state index in [2.05, 4.69) is 12.2 Å². The van der Waals surface area contributed by atoms with Crippen molar-refractivity contribution >= 4 is 5.91 Å². The van der Waals surface area contributed by atoms with E-state index in [-0.39, 0.29) is 5.91 Å². The van der Waals surface area contributed by atoms with Gasteiger partial charge in [-0.15, -0.1) is 0 Å². The highest BCUT2D eigenvalue weighted by molar-refractivity contribution is 5.76. The second-order valence-electron chi connectivity index (χ2n) is 5.11. The number of rotatable bonds is 4. The lowest BCUT2D eigenvalue weighted by Crippen LogP contribution is -2.51. The van der Waals surface area contributed by atoms with Gasteiger partial charge in [-0.05, 0) is 31.5 Å². The van der Waals surface area contributed by atoms with Crippen LogP contribution in [0.5, 0.6) is 5.75 Å². The van der Waals surface area contributed by atoms with Crippen LogP contribution in [-0.4, -0.2) is 43.1 Å². The normalized spacial score (nSPS) is 19.3. The number of benzene rings is 1. The number of hydrogen-bond donors (Lipinski definition) is 1. The Bertz CT molecular complexity index is 434. The minimum atomic E-state index is 0.181. The predicted octanol–water partition coefficient (Wildman–Crippen LogP) is 1.58. The van der Waals surface area contributed by atoms with Crippen LogP contribution in [0.15, 0.2) is 24.3 Å². The zero-order valence-corrected chi connectivity index (χ0v) is 11.7. The van der Waals surface area contributed by atoms with Gasteiger partial charge in [0.2, 0.25) is 5.91 Å². The smallest absolute Gasteiger partial charge is 0.226 e. The minimum absolute atomic E-state index is 0.181. The van der Waals surface area contributed by atoms with E-state index in [1.54, 1.807) is 0 Å². The molecule has 1 fully saturated rings. The number of carbonyl (C=O) groups is 1. The van der Waals surface area contributed by atoms with Crippen LogP contribution in [0.1, 0.15) is 18.9 Å². The Morgan fingerprint density at radius 2 is 2.37 bits per heavy atom. The first-order valence-corrected chi connectivity index (χ1v) is 6.86. The maximum absolute atomic E-state index is 12.0. The summed E-state index contributed by atoms with van der Waals surface area (Å²) >= 11 is 0. The van der Waals surface area contributed by atoms with E-state index in [1.807, 2.05) is 36.1 Å². The lowest BCUT2D eigenvalue weighted by Gasteiger charge is -2.31. The first kappa shape index (κ1) is 13.9. The fourth-order valence-corrected chi connectivity index (χ4v) is 2.28. The Labute approximate surface area is 114 Å². The molecule has 1 aromatic carbocycles. The van der Waals surface area contributed by atoms with Gasteiger partial charge in [0, 0.05) is 25.7 Å². The van der Waals surface area contributed by atoms with Crippen LogP contribution in [0, 0.1) is 6.92 Å². The zero-order chi connectivity index (χ0) is 13.7. The highest BCUT2D eigenvalue weighted by Crippen LogP contribution is 2.12. The number of amides is 1. The van der Waals surface area contributed by atoms with Crippen molar-refractivity contribution in [2.24, 2.45) is 0 Å². The maximum Gasteiger partial charge on any atom is 0.226 e. The fraction of sp³-hybridized carbons (Fsp3) is 0.533. The largest absolute Gasteiger partial charge is 0.493 e. The Morgan fingerprint density at radius 3 is 3.11 bits per heavy atom. The molecule has 0 aromatic heterocycles. The van der Waals surface area contributed by atoms with Crippen LogP contribution in [-0.2, 0) is 4.79 Å². The molecule has 0 aliphatic carbocycles. The predicted molar refractivity (Wildman–Crippen MR) is 75.3 cm³/mol. The average Bonchev–Trinajstić information content (AvgIpc) is 2.38. The number of nitrogens with one attached hydrogen (secondary N) is 1. The SMILES string of the molecule is Cc1cccc(OCCC(=O)N2CCNC(C)C2)c1. The van der Waals surface area contributed by atoms with Crippen LogP contribution < -0.4 is 10.1 Å². The summed E-state index contributed by atoms with van der Waals surface area (Å²) < 4.78 is 5.61. The van der Waals surface area contributed by atoms with Crippen molar-refractivity contribution in [2.75, 3.05) is 26.2 Å². The fourth-order valence-electron chi connectivity index (χ4n) is 2.28. The molecule has 4 nitrogen and oxygen atoms in total. The van der Waals surface area contributed by atoms with E-state index >= 15 is 0 Å². The van der Waals surface area contributed by atoms with Crippen molar-refractivity contribution in [3.63, 3.8) is 0 Å². The molecule has 0 saturated carbocycles. The summed E-state index contributed by atoms with van der Waals surface area (Å²) in [7, 11) is 0. The molecule has 1 unspecified atom stereocenters. The molecule has 2 rings (SSSR count). The monoisotopic (exact) mass is 262 g/mol. The van der Waals surface area contributed by atoms with Gasteiger partial charge in [0.25, 0.3) is 0 Å². The Balaban J connectivity index is 1.74. The van der Waals surface area contributed by atoms with Crippen molar-refractivity contribution in [3.8, 4) is 5.75 Å². The van der Waals surface area contributed by atoms with E-state index in [4.69, 9.17) is 4.74 Å². The van der Waals surface area contributed by atoms with E-state index < -0.39 is 0 Å². The second-order valence-corrected chi connectivity index (χ2v) is 5.11. The summed E-state index contributed by atoms with van der Waals surface area (Å²) in [5, 5.41) is 3.33. The topological polar surface area (TPSA) is 41.6 Å². The van der Waals surface area contributed by atoms with Gasteiger partial charge < -0.3 is 15.0 Å². The van der Waals surface area contributed by atoms with Crippen molar-refractivity contribution in [1.29, 1.82) is 0 Å². The molecule has 19 heavy (non-hydrogen) atoms. The van der Waals surface area contributed by atoms with Gasteiger partial charge in [-0.3, -0.25) is 4.79 Å². The zero-order valence-electron chi connectivity index (χ0n) is 11.7. The Morgan fingerprint density at radius 1 is 1.53 bits per heavy atom. The van der Waals surface area contributed by atoms with Gasteiger partial charge >= 0.3 is 0 Å². The van der Waals surface area contributed by atoms with Crippen LogP contribution >= 0.6 is 0 Å². The van der Waals surface area contributed by atoms with Gasteiger partial charge in [0.1, 0.15) is 5.75 Å². The van der Waals surface area contributed by atoms with Gasteiger partial charge in [-0.2, -0.15) is 0 Å². The van der Waals surface area contributed by atoms with Crippen LogP contribution in [0.25, 0.3) is 0 Å². The third kappa shape index (κ3) is 4.24. The maximum atomic E-state index is 12.0. The van der Waals surface area contributed by atoms with E-state index in [0.717, 1.165) is 25.4 Å². The molecule has 1 aromatic rings. The molecule has 1 amide bonds. The van der Waals surface area contributed by atoms with Crippen LogP contribution in [0.2, 0.25) is 0 Å². The van der Waals surface area contributed by atoms with Crippen molar-refractivity contribution < 1.29 is 9.53 Å². The summed E-state index contributed by atoms with van der Waals surface area (Å²) in [4.78, 5) is 13.9. The highest BCUT2D eigenvalue weighted by Gasteiger charge is 2.19. The molecule has 1 aliphatic rings. The molecule has 0 bridgehead atoms. The molecule has 1 N–H and O–H groups in total. The quantitative estimate of drug-likeness (QED) is 0.896. The highest BCUT2D eigenvalue weighted by atomic mass is 16.5. The van der Waals surface area contributed by atoms with Crippen molar-refractivity contribution in [2.45, 2.75) is 26.3 Å². The number of aryl methyl sites for hydroxylation is 1. The van der Waals surface area contributed by atoms with E-state index in [9.17, 15) is 4.79 Å². The molecule has 1 atom stereocenters. The standard InChI is InChI=1S/C15H22N2O2/c1-12-4-3-5-14(10-12)19-9-6-15(18)17-8-7-16-13(2)11-17/h3-5,10,13,16H,6-9,11H2,1-2H3. The van der Waals surface area contributed by atoms with Crippen LogP contribution in [0.3, 0.4) is 0 Å². The molecule has 1 heterocycles. The van der Waals surface area contributed by atoms with Crippen molar-refractivity contribution in [3.05, 3.63) is 29.8 Å². The number of carbonyl (C=O) groups excluding carboxylic acids is 1. The first-order chi connectivity index (χ1) is 9.15. The lowest BCUT2D eigenvalue weighted by atomic mass is 10.2. The molecular formula is C15H22N2O2. The van der Waals surface area contributed by atoms with E-state index in [0.29, 0.717) is 19.1 Å². The number of hydrogen-bond acceptors (Lipinski definition) is 3. The van der Waals surface area contributed by atoms with Crippen LogP contribution in [0.4, 0.5) is 0 Å². The number of nitrogens with zero attached hydrogens (tertiary/aromatic N) is 1. The molecule has 4 heteroatoms. The molecule has 1 saturated heterocycles. The summed E-state index contributed by atoms with van der Waals surface area (Å²) in [6, 6.07) is 8.28. The van der Waals surface area contributed by atoms with Gasteiger partial charge in [0.05, 0.1) is 13.0 Å². The van der Waals surface area contributed by atoms with Gasteiger partial charge in [-0.1, -0.05) is 12.1 Å². The summed E-state index contributed by atoms with van der Waals surface area (Å²) in [5.41, 5.74) is 1.17. The Hall–Kier alpha value is -1.55. The molecular weight excluding hydrogens is 240 g/mol. The summed E-state index contributed by atoms with van der Waals surface area (Å²) in [5.74, 6) is 1.02. The second kappa shape index (κ2) is 6.57. The third-order valence-electron chi connectivity index (χ3n) is 3.30. The average molecular weight is 262 g/mol. The van der Waals surface area contributed by atoms with E-state index in [1.165, 1.54) is 5.56 Å². The van der Waals surface area contributed by atoms with Crippen molar-refractivity contribution in [1.82, 2.24) is 10.2 Å². The molecule has 1 aliphatic heterocycles. The molecule has 104 valence electrons. The van der Waals surface area contributed by atoms with Gasteiger partial charge in [0.15, 0.2) is 0 Å².